The maximum Gasteiger partial charge on any atom is 0.235 e. The summed E-state index contributed by atoms with van der Waals surface area (Å²) in [6, 6.07) is 10.7. The van der Waals surface area contributed by atoms with Crippen LogP contribution in [0, 0.1) is 0 Å². The van der Waals surface area contributed by atoms with Gasteiger partial charge in [-0.15, -0.1) is 0 Å². The molecule has 1 aromatic carbocycles. The number of amides is 1. The van der Waals surface area contributed by atoms with E-state index in [1.54, 1.807) is 6.92 Å². The summed E-state index contributed by atoms with van der Waals surface area (Å²) in [6.45, 7) is 8.05. The van der Waals surface area contributed by atoms with E-state index in [1.807, 2.05) is 35.3 Å². The van der Waals surface area contributed by atoms with Gasteiger partial charge in [-0.3, -0.25) is 9.80 Å². The Bertz CT molecular complexity index is 432. The van der Waals surface area contributed by atoms with Crippen molar-refractivity contribution >= 4 is 11.6 Å². The maximum atomic E-state index is 12.0. The van der Waals surface area contributed by atoms with E-state index in [4.69, 9.17) is 0 Å². The molecule has 1 saturated heterocycles. The molecular weight excluding hydrogens is 238 g/mol. The van der Waals surface area contributed by atoms with Crippen LogP contribution in [0.25, 0.3) is 0 Å². The first kappa shape index (κ1) is 13.9. The summed E-state index contributed by atoms with van der Waals surface area (Å²) in [5.74, 6) is 0.0893. The number of para-hydroxylation sites is 1. The molecule has 0 aliphatic carbocycles. The van der Waals surface area contributed by atoms with Crippen LogP contribution in [0.4, 0.5) is 5.69 Å². The fraction of sp³-hybridized carbons (Fsp3) is 0.533. The molecule has 0 bridgehead atoms. The Hall–Kier alpha value is -1.55. The molecule has 0 aromatic heterocycles. The van der Waals surface area contributed by atoms with Gasteiger partial charge in [-0.25, -0.2) is 5.01 Å². The molecule has 1 aliphatic rings. The van der Waals surface area contributed by atoms with Crippen LogP contribution in [-0.2, 0) is 4.79 Å². The smallest absolute Gasteiger partial charge is 0.235 e. The van der Waals surface area contributed by atoms with Crippen molar-refractivity contribution in [1.29, 1.82) is 0 Å². The first-order valence-corrected chi connectivity index (χ1v) is 6.90. The Kier molecular flexibility index (Phi) is 4.10. The van der Waals surface area contributed by atoms with Crippen molar-refractivity contribution in [3.05, 3.63) is 30.3 Å². The highest BCUT2D eigenvalue weighted by Crippen LogP contribution is 2.28. The van der Waals surface area contributed by atoms with Crippen molar-refractivity contribution < 1.29 is 4.79 Å². The Morgan fingerprint density at radius 3 is 2.47 bits per heavy atom. The molecule has 4 heteroatoms. The lowest BCUT2D eigenvalue weighted by atomic mass is 10.2. The van der Waals surface area contributed by atoms with Gasteiger partial charge >= 0.3 is 0 Å². The number of hydrazine groups is 1. The number of rotatable bonds is 3. The minimum atomic E-state index is 0.0392. The molecule has 0 spiro atoms. The molecule has 2 atom stereocenters. The average Bonchev–Trinajstić information content (AvgIpc) is 2.67. The lowest BCUT2D eigenvalue weighted by molar-refractivity contribution is -0.149. The second-order valence-corrected chi connectivity index (χ2v) is 5.45. The van der Waals surface area contributed by atoms with Gasteiger partial charge in [0.1, 0.15) is 6.17 Å². The fourth-order valence-electron chi connectivity index (χ4n) is 2.89. The molecule has 2 rings (SSSR count). The molecule has 104 valence electrons. The van der Waals surface area contributed by atoms with Crippen molar-refractivity contribution in [3.8, 4) is 0 Å². The van der Waals surface area contributed by atoms with Gasteiger partial charge in [0.15, 0.2) is 0 Å². The minimum absolute atomic E-state index is 0.0392. The molecule has 0 saturated carbocycles. The van der Waals surface area contributed by atoms with Crippen LogP contribution in [0.15, 0.2) is 30.3 Å². The highest BCUT2D eigenvalue weighted by molar-refractivity contribution is 5.74. The van der Waals surface area contributed by atoms with Gasteiger partial charge in [-0.1, -0.05) is 18.2 Å². The van der Waals surface area contributed by atoms with Crippen molar-refractivity contribution in [2.75, 3.05) is 5.32 Å². The predicted molar refractivity (Wildman–Crippen MR) is 77.4 cm³/mol. The van der Waals surface area contributed by atoms with E-state index in [9.17, 15) is 4.79 Å². The Morgan fingerprint density at radius 2 is 1.95 bits per heavy atom. The maximum absolute atomic E-state index is 12.0. The zero-order valence-corrected chi connectivity index (χ0v) is 12.1. The summed E-state index contributed by atoms with van der Waals surface area (Å²) in [6.07, 6.45) is 0.976. The number of carbonyl (C=O) groups excluding carboxylic acids is 1. The SMILES string of the molecule is CC(=O)N1[C@@H](Nc2ccccc2)C[C@H](C)N1C(C)C. The van der Waals surface area contributed by atoms with E-state index >= 15 is 0 Å². The first-order chi connectivity index (χ1) is 9.00. The van der Waals surface area contributed by atoms with Crippen LogP contribution in [0.3, 0.4) is 0 Å². The van der Waals surface area contributed by atoms with E-state index in [2.05, 4.69) is 31.1 Å². The normalized spacial score (nSPS) is 23.9. The highest BCUT2D eigenvalue weighted by Gasteiger charge is 2.39. The Balaban J connectivity index is 2.18. The predicted octanol–water partition coefficient (Wildman–Crippen LogP) is 2.69. The molecule has 19 heavy (non-hydrogen) atoms. The van der Waals surface area contributed by atoms with Crippen molar-refractivity contribution in [3.63, 3.8) is 0 Å². The monoisotopic (exact) mass is 261 g/mol. The minimum Gasteiger partial charge on any atom is -0.364 e. The van der Waals surface area contributed by atoms with Crippen LogP contribution >= 0.6 is 0 Å². The third kappa shape index (κ3) is 2.89. The van der Waals surface area contributed by atoms with E-state index in [0.29, 0.717) is 12.1 Å². The van der Waals surface area contributed by atoms with Gasteiger partial charge < -0.3 is 5.32 Å². The summed E-state index contributed by atoms with van der Waals surface area (Å²) < 4.78 is 0. The number of carbonyl (C=O) groups is 1. The van der Waals surface area contributed by atoms with Crippen LogP contribution in [0.5, 0.6) is 0 Å². The lowest BCUT2D eigenvalue weighted by Crippen LogP contribution is -2.51. The summed E-state index contributed by atoms with van der Waals surface area (Å²) in [5, 5.41) is 7.48. The van der Waals surface area contributed by atoms with Crippen LogP contribution in [-0.4, -0.2) is 34.2 Å². The average molecular weight is 261 g/mol. The zero-order valence-electron chi connectivity index (χ0n) is 12.1. The number of anilines is 1. The number of nitrogens with zero attached hydrogens (tertiary/aromatic N) is 2. The van der Waals surface area contributed by atoms with E-state index < -0.39 is 0 Å². The summed E-state index contributed by atoms with van der Waals surface area (Å²) in [5.41, 5.74) is 1.05. The van der Waals surface area contributed by atoms with Crippen molar-refractivity contribution in [2.24, 2.45) is 0 Å². The quantitative estimate of drug-likeness (QED) is 0.908. The standard InChI is InChI=1S/C15H23N3O/c1-11(2)17-12(3)10-15(18(17)13(4)19)16-14-8-6-5-7-9-14/h5-9,11-12,15-16H,10H2,1-4H3/t12-,15+/m0/s1. The Labute approximate surface area is 115 Å². The third-order valence-electron chi connectivity index (χ3n) is 3.52. The topological polar surface area (TPSA) is 35.6 Å². The largest absolute Gasteiger partial charge is 0.364 e. The molecule has 0 unspecified atom stereocenters. The van der Waals surface area contributed by atoms with Gasteiger partial charge in [-0.05, 0) is 32.9 Å². The highest BCUT2D eigenvalue weighted by atomic mass is 16.2. The Morgan fingerprint density at radius 1 is 1.32 bits per heavy atom. The van der Waals surface area contributed by atoms with Crippen LogP contribution < -0.4 is 5.32 Å². The van der Waals surface area contributed by atoms with Gasteiger partial charge in [0.2, 0.25) is 5.91 Å². The van der Waals surface area contributed by atoms with Gasteiger partial charge in [0.25, 0.3) is 0 Å². The van der Waals surface area contributed by atoms with Gasteiger partial charge in [0, 0.05) is 31.1 Å². The second kappa shape index (κ2) is 5.61. The third-order valence-corrected chi connectivity index (χ3v) is 3.52. The lowest BCUT2D eigenvalue weighted by Gasteiger charge is -2.36. The van der Waals surface area contributed by atoms with Crippen LogP contribution in [0.2, 0.25) is 0 Å². The molecule has 1 heterocycles. The molecule has 1 aromatic rings. The molecule has 0 radical (unpaired) electrons. The van der Waals surface area contributed by atoms with Crippen LogP contribution in [0.1, 0.15) is 34.1 Å². The van der Waals surface area contributed by atoms with Crippen molar-refractivity contribution in [2.45, 2.75) is 52.4 Å². The number of nitrogens with one attached hydrogen (secondary N) is 1. The number of hydrogen-bond donors (Lipinski definition) is 1. The molecule has 1 fully saturated rings. The van der Waals surface area contributed by atoms with E-state index in [0.717, 1.165) is 12.1 Å². The molecule has 1 amide bonds. The van der Waals surface area contributed by atoms with Gasteiger partial charge in [0.05, 0.1) is 0 Å². The second-order valence-electron chi connectivity index (χ2n) is 5.45. The zero-order chi connectivity index (χ0) is 14.0. The van der Waals surface area contributed by atoms with E-state index in [1.165, 1.54) is 0 Å². The summed E-state index contributed by atoms with van der Waals surface area (Å²) in [7, 11) is 0. The number of benzene rings is 1. The molecule has 1 aliphatic heterocycles. The molecule has 1 N–H and O–H groups in total. The van der Waals surface area contributed by atoms with Gasteiger partial charge in [-0.2, -0.15) is 0 Å². The summed E-state index contributed by atoms with van der Waals surface area (Å²) >= 11 is 0. The summed E-state index contributed by atoms with van der Waals surface area (Å²) in [4.78, 5) is 12.0. The van der Waals surface area contributed by atoms with E-state index in [-0.39, 0.29) is 12.1 Å². The fourth-order valence-corrected chi connectivity index (χ4v) is 2.89. The number of hydrogen-bond acceptors (Lipinski definition) is 3. The molecular formula is C15H23N3O. The van der Waals surface area contributed by atoms with Crippen molar-refractivity contribution in [1.82, 2.24) is 10.0 Å². The molecule has 4 nitrogen and oxygen atoms in total. The first-order valence-electron chi connectivity index (χ1n) is 6.90.